The number of rotatable bonds is 2. The lowest BCUT2D eigenvalue weighted by molar-refractivity contribution is -0.137. The van der Waals surface area contributed by atoms with Gasteiger partial charge in [0.15, 0.2) is 11.6 Å². The molecule has 2 heterocycles. The van der Waals surface area contributed by atoms with E-state index in [-0.39, 0.29) is 0 Å². The molecule has 0 spiro atoms. The number of fused-ring (bicyclic) bond motifs is 2. The van der Waals surface area contributed by atoms with Gasteiger partial charge >= 0.3 is 6.18 Å². The first-order valence-electron chi connectivity index (χ1n) is 10.8. The van der Waals surface area contributed by atoms with Crippen LogP contribution in [0.15, 0.2) is 66.7 Å². The summed E-state index contributed by atoms with van der Waals surface area (Å²) in [6, 6.07) is 16.1. The summed E-state index contributed by atoms with van der Waals surface area (Å²) in [5.74, 6) is -7.72. The first-order chi connectivity index (χ1) is 16.9. The lowest BCUT2D eigenvalue weighted by Gasteiger charge is -2.43. The quantitative estimate of drug-likeness (QED) is 0.202. The van der Waals surface area contributed by atoms with Gasteiger partial charge in [-0.1, -0.05) is 62.4 Å². The number of hydrogen-bond donors (Lipinski definition) is 0. The number of anilines is 3. The lowest BCUT2D eigenvalue weighted by atomic mass is 9.73. The van der Waals surface area contributed by atoms with Crippen LogP contribution < -0.4 is 4.90 Å². The molecule has 0 aliphatic carbocycles. The van der Waals surface area contributed by atoms with Crippen LogP contribution in [0.4, 0.5) is 47.8 Å². The van der Waals surface area contributed by atoms with Gasteiger partial charge in [0.25, 0.3) is 11.9 Å². The number of para-hydroxylation sites is 3. The number of aromatic nitrogens is 1. The van der Waals surface area contributed by atoms with E-state index in [1.807, 2.05) is 13.8 Å². The largest absolute Gasteiger partial charge is 0.418 e. The molecule has 0 radical (unpaired) electrons. The Balaban J connectivity index is 1.96. The van der Waals surface area contributed by atoms with Crippen LogP contribution in [0, 0.1) is 23.5 Å². The van der Waals surface area contributed by atoms with E-state index < -0.39 is 57.5 Å². The molecule has 0 N–H and O–H groups in total. The average molecular weight is 502 g/mol. The predicted octanol–water partition coefficient (Wildman–Crippen LogP) is 8.43. The zero-order chi connectivity index (χ0) is 26.0. The summed E-state index contributed by atoms with van der Waals surface area (Å²) in [5, 5.41) is 0. The van der Waals surface area contributed by atoms with Crippen molar-refractivity contribution >= 4 is 17.1 Å². The Morgan fingerprint density at radius 3 is 1.69 bits per heavy atom. The molecule has 3 aromatic carbocycles. The fourth-order valence-electron chi connectivity index (χ4n) is 4.85. The minimum atomic E-state index is -4.97. The molecule has 0 bridgehead atoms. The molecule has 0 atom stereocenters. The molecule has 0 unspecified atom stereocenters. The summed E-state index contributed by atoms with van der Waals surface area (Å²) in [6.07, 6.45) is -4.97. The van der Waals surface area contributed by atoms with E-state index in [1.165, 1.54) is 4.90 Å². The highest BCUT2D eigenvalue weighted by molar-refractivity contribution is 5.94. The maximum absolute atomic E-state index is 14.9. The fourth-order valence-corrected chi connectivity index (χ4v) is 4.85. The molecule has 5 rings (SSSR count). The van der Waals surface area contributed by atoms with E-state index in [2.05, 4.69) is 4.98 Å². The van der Waals surface area contributed by atoms with Gasteiger partial charge in [0, 0.05) is 11.0 Å². The molecular weight excluding hydrogens is 485 g/mol. The Bertz CT molecular complexity index is 1430. The van der Waals surface area contributed by atoms with Gasteiger partial charge in [0.1, 0.15) is 0 Å². The molecule has 0 saturated heterocycles. The zero-order valence-corrected chi connectivity index (χ0v) is 18.9. The number of nitrogens with zero attached hydrogens (tertiary/aromatic N) is 2. The molecule has 1 aliphatic heterocycles. The van der Waals surface area contributed by atoms with Crippen molar-refractivity contribution in [3.63, 3.8) is 0 Å². The van der Waals surface area contributed by atoms with Gasteiger partial charge in [0.2, 0.25) is 0 Å². The number of halogens is 7. The van der Waals surface area contributed by atoms with Crippen molar-refractivity contribution in [3.8, 4) is 11.1 Å². The Kier molecular flexibility index (Phi) is 5.35. The minimum Gasteiger partial charge on any atom is -0.309 e. The third-order valence-corrected chi connectivity index (χ3v) is 6.47. The van der Waals surface area contributed by atoms with Crippen LogP contribution in [0.2, 0.25) is 0 Å². The zero-order valence-electron chi connectivity index (χ0n) is 18.9. The normalized spacial score (nSPS) is 14.4. The molecule has 4 aromatic rings. The van der Waals surface area contributed by atoms with Crippen molar-refractivity contribution in [2.45, 2.75) is 25.4 Å². The first-order valence-corrected chi connectivity index (χ1v) is 10.8. The molecule has 184 valence electrons. The van der Waals surface area contributed by atoms with Crippen molar-refractivity contribution in [1.29, 1.82) is 0 Å². The molecule has 0 amide bonds. The molecule has 1 aliphatic rings. The smallest absolute Gasteiger partial charge is 0.309 e. The Morgan fingerprint density at radius 2 is 1.19 bits per heavy atom. The summed E-state index contributed by atoms with van der Waals surface area (Å²) in [4.78, 5) is 3.78. The maximum Gasteiger partial charge on any atom is 0.418 e. The van der Waals surface area contributed by atoms with E-state index >= 15 is 0 Å². The predicted molar refractivity (Wildman–Crippen MR) is 121 cm³/mol. The highest BCUT2D eigenvalue weighted by Crippen LogP contribution is 2.56. The van der Waals surface area contributed by atoms with Gasteiger partial charge < -0.3 is 4.90 Å². The molecule has 1 aromatic heterocycles. The van der Waals surface area contributed by atoms with Gasteiger partial charge in [-0.2, -0.15) is 26.9 Å². The molecule has 36 heavy (non-hydrogen) atoms. The Morgan fingerprint density at radius 1 is 0.694 bits per heavy atom. The fraction of sp³-hybridized carbons (Fsp3) is 0.148. The van der Waals surface area contributed by atoms with Crippen LogP contribution in [-0.4, -0.2) is 4.98 Å². The summed E-state index contributed by atoms with van der Waals surface area (Å²) >= 11 is 0. The molecule has 0 saturated carbocycles. The highest BCUT2D eigenvalue weighted by Gasteiger charge is 2.42. The van der Waals surface area contributed by atoms with Crippen molar-refractivity contribution in [3.05, 3.63) is 107 Å². The Labute approximate surface area is 201 Å². The van der Waals surface area contributed by atoms with Crippen LogP contribution in [0.5, 0.6) is 0 Å². The number of benzene rings is 3. The number of alkyl halides is 3. The second-order valence-corrected chi connectivity index (χ2v) is 8.89. The summed E-state index contributed by atoms with van der Waals surface area (Å²) in [7, 11) is 0. The lowest BCUT2D eigenvalue weighted by Crippen LogP contribution is -2.31. The van der Waals surface area contributed by atoms with Crippen molar-refractivity contribution < 1.29 is 30.7 Å². The van der Waals surface area contributed by atoms with Gasteiger partial charge in [-0.25, -0.2) is 8.78 Å². The van der Waals surface area contributed by atoms with Crippen molar-refractivity contribution in [1.82, 2.24) is 4.98 Å². The monoisotopic (exact) mass is 502 g/mol. The summed E-state index contributed by atoms with van der Waals surface area (Å²) in [5.41, 5.74) is -2.53. The van der Waals surface area contributed by atoms with Crippen LogP contribution in [0.25, 0.3) is 11.1 Å². The second-order valence-electron chi connectivity index (χ2n) is 8.89. The van der Waals surface area contributed by atoms with Crippen LogP contribution >= 0.6 is 0 Å². The number of hydrogen-bond acceptors (Lipinski definition) is 2. The number of pyridine rings is 1. The van der Waals surface area contributed by atoms with Crippen LogP contribution in [0.3, 0.4) is 0 Å². The van der Waals surface area contributed by atoms with Gasteiger partial charge in [-0.15, -0.1) is 0 Å². The van der Waals surface area contributed by atoms with E-state index in [0.29, 0.717) is 22.5 Å². The second kappa shape index (κ2) is 8.08. The first kappa shape index (κ1) is 23.8. The van der Waals surface area contributed by atoms with E-state index in [0.717, 1.165) is 18.2 Å². The van der Waals surface area contributed by atoms with Crippen molar-refractivity contribution in [2.75, 3.05) is 4.90 Å². The topological polar surface area (TPSA) is 16.1 Å². The van der Waals surface area contributed by atoms with Gasteiger partial charge in [-0.05, 0) is 29.3 Å². The average Bonchev–Trinajstić information content (AvgIpc) is 2.83. The summed E-state index contributed by atoms with van der Waals surface area (Å²) in [6.45, 7) is 3.82. The van der Waals surface area contributed by atoms with Gasteiger partial charge in [-0.3, -0.25) is 0 Å². The third kappa shape index (κ3) is 3.44. The van der Waals surface area contributed by atoms with E-state index in [9.17, 15) is 30.7 Å². The SMILES string of the molecule is CC1(C)c2ccccc2N(c2c(-c3c(F)c(F)nc(F)c3F)cccc2C(F)(F)F)c2ccccc21. The molecule has 9 heteroatoms. The summed E-state index contributed by atoms with van der Waals surface area (Å²) < 4.78 is 101. The molecular formula is C27H17F7N2. The van der Waals surface area contributed by atoms with Crippen LogP contribution in [0.1, 0.15) is 30.5 Å². The van der Waals surface area contributed by atoms with E-state index in [4.69, 9.17) is 0 Å². The molecule has 2 nitrogen and oxygen atoms in total. The maximum atomic E-state index is 14.9. The van der Waals surface area contributed by atoms with Gasteiger partial charge in [0.05, 0.1) is 28.2 Å². The van der Waals surface area contributed by atoms with Crippen LogP contribution in [-0.2, 0) is 11.6 Å². The highest BCUT2D eigenvalue weighted by atomic mass is 19.4. The third-order valence-electron chi connectivity index (χ3n) is 6.47. The molecule has 0 fully saturated rings. The standard InChI is InChI=1S/C27H17F7N2/c1-26(2)15-9-3-5-12-18(15)36(19-13-6-4-10-16(19)26)23-14(8-7-11-17(23)27(32,33)34)20-21(28)24(30)35-25(31)22(20)29/h3-13H,1-2H3. The van der Waals surface area contributed by atoms with E-state index in [1.54, 1.807) is 48.5 Å². The minimum absolute atomic E-state index is 0.329. The van der Waals surface area contributed by atoms with Crippen molar-refractivity contribution in [2.24, 2.45) is 0 Å². The Hall–Kier alpha value is -3.88.